The molecule has 3 rings (SSSR count). The molecular weight excluding hydrogens is 328 g/mol. The van der Waals surface area contributed by atoms with E-state index < -0.39 is 23.7 Å². The van der Waals surface area contributed by atoms with Crippen molar-refractivity contribution in [2.45, 2.75) is 19.8 Å². The van der Waals surface area contributed by atoms with Crippen LogP contribution in [0.15, 0.2) is 23.1 Å². The summed E-state index contributed by atoms with van der Waals surface area (Å²) in [5.74, 6) is -1.75. The first-order valence-corrected chi connectivity index (χ1v) is 8.60. The number of aryl methyl sites for hydroxylation is 1. The highest BCUT2D eigenvalue weighted by Crippen LogP contribution is 2.33. The fourth-order valence-electron chi connectivity index (χ4n) is 2.91. The molecule has 0 radical (unpaired) electrons. The van der Waals surface area contributed by atoms with E-state index in [1.165, 1.54) is 18.5 Å². The Labute approximate surface area is 144 Å². The van der Waals surface area contributed by atoms with Gasteiger partial charge in [-0.1, -0.05) is 6.07 Å². The van der Waals surface area contributed by atoms with Gasteiger partial charge in [0.25, 0.3) is 11.1 Å². The third-order valence-corrected chi connectivity index (χ3v) is 5.09. The Kier molecular flexibility index (Phi) is 4.62. The van der Waals surface area contributed by atoms with Gasteiger partial charge in [0.1, 0.15) is 6.54 Å². The number of nitrogens with zero attached hydrogens (tertiary/aromatic N) is 2. The molecule has 0 aliphatic carbocycles. The molecule has 2 amide bonds. The molecular formula is C17H18N2O4S. The minimum absolute atomic E-state index is 0.262. The fraction of sp³-hybridized carbons (Fsp3) is 0.353. The molecule has 2 heterocycles. The summed E-state index contributed by atoms with van der Waals surface area (Å²) in [4.78, 5) is 38.1. The summed E-state index contributed by atoms with van der Waals surface area (Å²) in [6, 6.07) is 6.04. The summed E-state index contributed by atoms with van der Waals surface area (Å²) in [5, 5.41) is 8.24. The van der Waals surface area contributed by atoms with Gasteiger partial charge in [-0.2, -0.15) is 0 Å². The molecule has 0 saturated carbocycles. The summed E-state index contributed by atoms with van der Waals surface area (Å²) in [5.41, 5.74) is 3.05. The van der Waals surface area contributed by atoms with Crippen LogP contribution < -0.4 is 4.90 Å². The van der Waals surface area contributed by atoms with Crippen molar-refractivity contribution >= 4 is 40.6 Å². The van der Waals surface area contributed by atoms with E-state index in [-0.39, 0.29) is 4.91 Å². The molecule has 24 heavy (non-hydrogen) atoms. The molecule has 0 unspecified atom stereocenters. The minimum Gasteiger partial charge on any atom is -0.480 e. The molecule has 1 N–H and O–H groups in total. The molecule has 0 atom stereocenters. The van der Waals surface area contributed by atoms with Gasteiger partial charge in [-0.25, -0.2) is 0 Å². The fourth-order valence-corrected chi connectivity index (χ4v) is 3.74. The first kappa shape index (κ1) is 16.6. The predicted octanol–water partition coefficient (Wildman–Crippen LogP) is 2.72. The lowest BCUT2D eigenvalue weighted by Gasteiger charge is -2.18. The molecule has 126 valence electrons. The van der Waals surface area contributed by atoms with Gasteiger partial charge in [0.05, 0.1) is 4.91 Å². The van der Waals surface area contributed by atoms with E-state index in [2.05, 4.69) is 11.0 Å². The van der Waals surface area contributed by atoms with Crippen molar-refractivity contribution in [3.8, 4) is 0 Å². The standard InChI is InChI=1S/C17H18N2O4S/c1-11-8-13(18-6-2-3-7-18)5-4-12(11)9-14-16(22)19(10-15(20)21)17(23)24-14/h4-5,8-9H,2-3,6-7,10H2,1H3,(H,20,21)/b14-9-. The predicted molar refractivity (Wildman–Crippen MR) is 92.9 cm³/mol. The molecule has 0 bridgehead atoms. The first-order valence-electron chi connectivity index (χ1n) is 7.78. The number of aliphatic carboxylic acids is 1. The van der Waals surface area contributed by atoms with E-state index in [1.807, 2.05) is 19.1 Å². The third kappa shape index (κ3) is 3.31. The zero-order chi connectivity index (χ0) is 17.3. The van der Waals surface area contributed by atoms with Crippen LogP contribution in [0.4, 0.5) is 10.5 Å². The molecule has 0 spiro atoms. The van der Waals surface area contributed by atoms with Crippen molar-refractivity contribution in [2.24, 2.45) is 0 Å². The van der Waals surface area contributed by atoms with Gasteiger partial charge in [-0.15, -0.1) is 0 Å². The summed E-state index contributed by atoms with van der Waals surface area (Å²) in [6.07, 6.45) is 4.07. The SMILES string of the molecule is Cc1cc(N2CCCC2)ccc1/C=C1\SC(=O)N(CC(=O)O)C1=O. The van der Waals surface area contributed by atoms with Gasteiger partial charge in [0.15, 0.2) is 0 Å². The Morgan fingerprint density at radius 3 is 2.62 bits per heavy atom. The van der Waals surface area contributed by atoms with Crippen LogP contribution in [0.5, 0.6) is 0 Å². The molecule has 2 aliphatic rings. The van der Waals surface area contributed by atoms with Gasteiger partial charge in [0, 0.05) is 18.8 Å². The number of carboxylic acids is 1. The quantitative estimate of drug-likeness (QED) is 0.845. The largest absolute Gasteiger partial charge is 0.480 e. The molecule has 0 aromatic heterocycles. The maximum absolute atomic E-state index is 12.2. The third-order valence-electron chi connectivity index (χ3n) is 4.18. The Morgan fingerprint density at radius 1 is 1.29 bits per heavy atom. The topological polar surface area (TPSA) is 77.9 Å². The Hall–Kier alpha value is -2.28. The lowest BCUT2D eigenvalue weighted by molar-refractivity contribution is -0.140. The van der Waals surface area contributed by atoms with E-state index in [0.717, 1.165) is 40.9 Å². The van der Waals surface area contributed by atoms with E-state index in [0.29, 0.717) is 0 Å². The van der Waals surface area contributed by atoms with E-state index in [1.54, 1.807) is 6.08 Å². The van der Waals surface area contributed by atoms with Crippen LogP contribution in [0.1, 0.15) is 24.0 Å². The van der Waals surface area contributed by atoms with Crippen molar-refractivity contribution in [3.05, 3.63) is 34.2 Å². The summed E-state index contributed by atoms with van der Waals surface area (Å²) in [7, 11) is 0. The number of amides is 2. The highest BCUT2D eigenvalue weighted by molar-refractivity contribution is 8.18. The average Bonchev–Trinajstić information content (AvgIpc) is 3.14. The molecule has 2 fully saturated rings. The number of hydrogen-bond donors (Lipinski definition) is 1. The summed E-state index contributed by atoms with van der Waals surface area (Å²) >= 11 is 0.782. The Morgan fingerprint density at radius 2 is 2.00 bits per heavy atom. The van der Waals surface area contributed by atoms with Gasteiger partial charge >= 0.3 is 5.97 Å². The molecule has 2 aliphatic heterocycles. The second-order valence-corrected chi connectivity index (χ2v) is 6.89. The number of rotatable bonds is 4. The first-order chi connectivity index (χ1) is 11.5. The number of benzene rings is 1. The normalized spacial score (nSPS) is 19.6. The molecule has 6 nitrogen and oxygen atoms in total. The minimum atomic E-state index is -1.20. The second kappa shape index (κ2) is 6.68. The lowest BCUT2D eigenvalue weighted by Crippen LogP contribution is -2.33. The maximum Gasteiger partial charge on any atom is 0.323 e. The maximum atomic E-state index is 12.2. The summed E-state index contributed by atoms with van der Waals surface area (Å²) in [6.45, 7) is 3.49. The Balaban J connectivity index is 1.82. The van der Waals surface area contributed by atoms with Crippen molar-refractivity contribution in [1.29, 1.82) is 0 Å². The average molecular weight is 346 g/mol. The molecule has 1 aromatic rings. The van der Waals surface area contributed by atoms with E-state index in [9.17, 15) is 14.4 Å². The van der Waals surface area contributed by atoms with Crippen LogP contribution in [0.25, 0.3) is 6.08 Å². The highest BCUT2D eigenvalue weighted by Gasteiger charge is 2.36. The van der Waals surface area contributed by atoms with Gasteiger partial charge < -0.3 is 10.0 Å². The van der Waals surface area contributed by atoms with E-state index in [4.69, 9.17) is 5.11 Å². The number of imide groups is 1. The zero-order valence-corrected chi connectivity index (χ0v) is 14.1. The van der Waals surface area contributed by atoms with Crippen LogP contribution in [0.2, 0.25) is 0 Å². The summed E-state index contributed by atoms with van der Waals surface area (Å²) < 4.78 is 0. The smallest absolute Gasteiger partial charge is 0.323 e. The number of carbonyl (C=O) groups is 3. The van der Waals surface area contributed by atoms with Crippen LogP contribution in [0.3, 0.4) is 0 Å². The number of carboxylic acid groups (broad SMARTS) is 1. The number of anilines is 1. The van der Waals surface area contributed by atoms with Crippen molar-refractivity contribution in [2.75, 3.05) is 24.5 Å². The molecule has 2 saturated heterocycles. The monoisotopic (exact) mass is 346 g/mol. The lowest BCUT2D eigenvalue weighted by atomic mass is 10.1. The zero-order valence-electron chi connectivity index (χ0n) is 13.3. The molecule has 1 aromatic carbocycles. The number of hydrogen-bond acceptors (Lipinski definition) is 5. The van der Waals surface area contributed by atoms with Crippen molar-refractivity contribution < 1.29 is 19.5 Å². The van der Waals surface area contributed by atoms with Crippen LogP contribution in [0, 0.1) is 6.92 Å². The van der Waals surface area contributed by atoms with Gasteiger partial charge in [-0.3, -0.25) is 19.3 Å². The van der Waals surface area contributed by atoms with Crippen LogP contribution >= 0.6 is 11.8 Å². The van der Waals surface area contributed by atoms with Crippen LogP contribution in [-0.4, -0.2) is 46.8 Å². The van der Waals surface area contributed by atoms with Gasteiger partial charge in [-0.05, 0) is 60.9 Å². The van der Waals surface area contributed by atoms with Gasteiger partial charge in [0.2, 0.25) is 0 Å². The van der Waals surface area contributed by atoms with E-state index >= 15 is 0 Å². The highest BCUT2D eigenvalue weighted by atomic mass is 32.2. The van der Waals surface area contributed by atoms with Crippen LogP contribution in [-0.2, 0) is 9.59 Å². The van der Waals surface area contributed by atoms with Crippen molar-refractivity contribution in [1.82, 2.24) is 4.90 Å². The number of carbonyl (C=O) groups excluding carboxylic acids is 2. The Bertz CT molecular complexity index is 738. The molecule has 7 heteroatoms. The second-order valence-electron chi connectivity index (χ2n) is 5.90. The van der Waals surface area contributed by atoms with Crippen molar-refractivity contribution in [3.63, 3.8) is 0 Å². The number of thioether (sulfide) groups is 1.